The lowest BCUT2D eigenvalue weighted by Crippen LogP contribution is -2.29. The quantitative estimate of drug-likeness (QED) is 0.819. The smallest absolute Gasteiger partial charge is 0.0444 e. The monoisotopic (exact) mass is 239 g/mol. The summed E-state index contributed by atoms with van der Waals surface area (Å²) in [5.41, 5.74) is 10.8. The van der Waals surface area contributed by atoms with Gasteiger partial charge in [-0.2, -0.15) is 0 Å². The number of fused-ring (bicyclic) bond motifs is 1. The van der Waals surface area contributed by atoms with E-state index in [1.807, 2.05) is 30.6 Å². The Kier molecular flexibility index (Phi) is 2.89. The second kappa shape index (κ2) is 4.69. The summed E-state index contributed by atoms with van der Waals surface area (Å²) in [7, 11) is 0. The van der Waals surface area contributed by atoms with Gasteiger partial charge in [0.1, 0.15) is 0 Å². The molecule has 1 aliphatic heterocycles. The molecule has 0 atom stereocenters. The van der Waals surface area contributed by atoms with Crippen LogP contribution in [0.4, 0.5) is 11.4 Å². The van der Waals surface area contributed by atoms with Gasteiger partial charge >= 0.3 is 0 Å². The zero-order chi connectivity index (χ0) is 12.4. The van der Waals surface area contributed by atoms with Crippen molar-refractivity contribution in [1.29, 1.82) is 0 Å². The van der Waals surface area contributed by atoms with Gasteiger partial charge in [0.2, 0.25) is 0 Å². The Labute approximate surface area is 107 Å². The minimum atomic E-state index is 0.907. The standard InChI is InChI=1S/C15H17N3/c16-14-6-1-7-15-13(14)5-3-9-18(15)11-12-4-2-8-17-10-12/h1-2,4,6-8,10H,3,5,9,11,16H2. The van der Waals surface area contributed by atoms with E-state index < -0.39 is 0 Å². The molecule has 3 heteroatoms. The molecule has 2 aromatic rings. The van der Waals surface area contributed by atoms with Crippen LogP contribution in [-0.4, -0.2) is 11.5 Å². The van der Waals surface area contributed by atoms with Gasteiger partial charge < -0.3 is 10.6 Å². The molecule has 2 N–H and O–H groups in total. The molecule has 0 amide bonds. The zero-order valence-electron chi connectivity index (χ0n) is 10.3. The van der Waals surface area contributed by atoms with Crippen molar-refractivity contribution < 1.29 is 0 Å². The fourth-order valence-corrected chi connectivity index (χ4v) is 2.60. The lowest BCUT2D eigenvalue weighted by Gasteiger charge is -2.32. The second-order valence-corrected chi connectivity index (χ2v) is 4.73. The van der Waals surface area contributed by atoms with Crippen LogP contribution in [0.25, 0.3) is 0 Å². The predicted molar refractivity (Wildman–Crippen MR) is 74.5 cm³/mol. The molecule has 2 heterocycles. The van der Waals surface area contributed by atoms with E-state index >= 15 is 0 Å². The number of nitrogens with two attached hydrogens (primary N) is 1. The molecule has 0 radical (unpaired) electrons. The van der Waals surface area contributed by atoms with Crippen molar-refractivity contribution in [3.63, 3.8) is 0 Å². The van der Waals surface area contributed by atoms with E-state index in [9.17, 15) is 0 Å². The Balaban J connectivity index is 1.90. The third-order valence-electron chi connectivity index (χ3n) is 3.48. The van der Waals surface area contributed by atoms with Crippen LogP contribution in [0.2, 0.25) is 0 Å². The fraction of sp³-hybridized carbons (Fsp3) is 0.267. The van der Waals surface area contributed by atoms with E-state index in [2.05, 4.69) is 22.0 Å². The van der Waals surface area contributed by atoms with Crippen LogP contribution in [0.15, 0.2) is 42.7 Å². The van der Waals surface area contributed by atoms with Crippen molar-refractivity contribution in [2.75, 3.05) is 17.2 Å². The van der Waals surface area contributed by atoms with Crippen LogP contribution in [0.3, 0.4) is 0 Å². The Hall–Kier alpha value is -2.03. The molecule has 1 aromatic carbocycles. The first-order valence-corrected chi connectivity index (χ1v) is 6.36. The Morgan fingerprint density at radius 3 is 3.00 bits per heavy atom. The lowest BCUT2D eigenvalue weighted by atomic mass is 9.99. The van der Waals surface area contributed by atoms with Crippen molar-refractivity contribution in [3.8, 4) is 0 Å². The van der Waals surface area contributed by atoms with Gasteiger partial charge in [-0.25, -0.2) is 0 Å². The molecule has 0 bridgehead atoms. The molecule has 1 aromatic heterocycles. The number of pyridine rings is 1. The summed E-state index contributed by atoms with van der Waals surface area (Å²) in [6.45, 7) is 2.00. The average molecular weight is 239 g/mol. The molecule has 0 saturated carbocycles. The van der Waals surface area contributed by atoms with Crippen LogP contribution in [0, 0.1) is 0 Å². The highest BCUT2D eigenvalue weighted by molar-refractivity contribution is 5.66. The molecule has 92 valence electrons. The number of hydrogen-bond donors (Lipinski definition) is 1. The summed E-state index contributed by atoms with van der Waals surface area (Å²) in [6.07, 6.45) is 6.00. The molecule has 0 fully saturated rings. The third kappa shape index (κ3) is 2.04. The van der Waals surface area contributed by atoms with Crippen molar-refractivity contribution in [1.82, 2.24) is 4.98 Å². The van der Waals surface area contributed by atoms with Crippen molar-refractivity contribution >= 4 is 11.4 Å². The molecular formula is C15H17N3. The SMILES string of the molecule is Nc1cccc2c1CCCN2Cc1cccnc1. The van der Waals surface area contributed by atoms with E-state index in [0.717, 1.165) is 25.2 Å². The summed E-state index contributed by atoms with van der Waals surface area (Å²) in [5.74, 6) is 0. The van der Waals surface area contributed by atoms with Crippen LogP contribution < -0.4 is 10.6 Å². The maximum atomic E-state index is 6.06. The van der Waals surface area contributed by atoms with Gasteiger partial charge in [0.05, 0.1) is 0 Å². The van der Waals surface area contributed by atoms with Gasteiger partial charge in [0, 0.05) is 36.9 Å². The number of benzene rings is 1. The summed E-state index contributed by atoms with van der Waals surface area (Å²) in [5, 5.41) is 0. The van der Waals surface area contributed by atoms with E-state index in [4.69, 9.17) is 5.73 Å². The summed E-state index contributed by atoms with van der Waals surface area (Å²) in [4.78, 5) is 6.57. The molecule has 3 nitrogen and oxygen atoms in total. The maximum absolute atomic E-state index is 6.06. The number of nitrogen functional groups attached to an aromatic ring is 1. The number of rotatable bonds is 2. The van der Waals surface area contributed by atoms with Crippen molar-refractivity contribution in [3.05, 3.63) is 53.9 Å². The molecule has 0 unspecified atom stereocenters. The summed E-state index contributed by atoms with van der Waals surface area (Å²) in [6, 6.07) is 10.3. The fourth-order valence-electron chi connectivity index (χ4n) is 2.60. The van der Waals surface area contributed by atoms with Gasteiger partial charge in [-0.3, -0.25) is 4.98 Å². The minimum absolute atomic E-state index is 0.907. The third-order valence-corrected chi connectivity index (χ3v) is 3.48. The van der Waals surface area contributed by atoms with Gasteiger partial charge in [-0.15, -0.1) is 0 Å². The van der Waals surface area contributed by atoms with Gasteiger partial charge in [-0.05, 0) is 42.2 Å². The normalized spacial score (nSPS) is 14.3. The summed E-state index contributed by atoms with van der Waals surface area (Å²) < 4.78 is 0. The Morgan fingerprint density at radius 1 is 1.22 bits per heavy atom. The highest BCUT2D eigenvalue weighted by atomic mass is 15.1. The van der Waals surface area contributed by atoms with Crippen molar-refractivity contribution in [2.45, 2.75) is 19.4 Å². The summed E-state index contributed by atoms with van der Waals surface area (Å²) >= 11 is 0. The predicted octanol–water partition coefficient (Wildman–Crippen LogP) is 2.62. The van der Waals surface area contributed by atoms with Crippen LogP contribution in [0.5, 0.6) is 0 Å². The Bertz CT molecular complexity index is 537. The highest BCUT2D eigenvalue weighted by Crippen LogP contribution is 2.31. The Morgan fingerprint density at radius 2 is 2.17 bits per heavy atom. The van der Waals surface area contributed by atoms with Gasteiger partial charge in [0.15, 0.2) is 0 Å². The van der Waals surface area contributed by atoms with Crippen molar-refractivity contribution in [2.24, 2.45) is 0 Å². The molecule has 18 heavy (non-hydrogen) atoms. The van der Waals surface area contributed by atoms with Gasteiger partial charge in [-0.1, -0.05) is 12.1 Å². The first-order valence-electron chi connectivity index (χ1n) is 6.36. The topological polar surface area (TPSA) is 42.1 Å². The first-order chi connectivity index (χ1) is 8.84. The van der Waals surface area contributed by atoms with Crippen LogP contribution >= 0.6 is 0 Å². The zero-order valence-corrected chi connectivity index (χ0v) is 10.3. The number of anilines is 2. The molecular weight excluding hydrogens is 222 g/mol. The van der Waals surface area contributed by atoms with E-state index in [1.54, 1.807) is 0 Å². The highest BCUT2D eigenvalue weighted by Gasteiger charge is 2.18. The second-order valence-electron chi connectivity index (χ2n) is 4.73. The molecule has 1 aliphatic rings. The molecule has 0 spiro atoms. The first kappa shape index (κ1) is 11.1. The van der Waals surface area contributed by atoms with Gasteiger partial charge in [0.25, 0.3) is 0 Å². The minimum Gasteiger partial charge on any atom is -0.398 e. The molecule has 3 rings (SSSR count). The lowest BCUT2D eigenvalue weighted by molar-refractivity contribution is 0.691. The molecule has 0 aliphatic carbocycles. The van der Waals surface area contributed by atoms with Crippen LogP contribution in [0.1, 0.15) is 17.5 Å². The number of nitrogens with zero attached hydrogens (tertiary/aromatic N) is 2. The van der Waals surface area contributed by atoms with E-state index in [-0.39, 0.29) is 0 Å². The van der Waals surface area contributed by atoms with Crippen LogP contribution in [-0.2, 0) is 13.0 Å². The molecule has 0 saturated heterocycles. The van der Waals surface area contributed by atoms with E-state index in [0.29, 0.717) is 0 Å². The number of aromatic nitrogens is 1. The largest absolute Gasteiger partial charge is 0.398 e. The van der Waals surface area contributed by atoms with E-state index in [1.165, 1.54) is 23.2 Å². The average Bonchev–Trinajstić information content (AvgIpc) is 2.41. The maximum Gasteiger partial charge on any atom is 0.0444 e. The number of hydrogen-bond acceptors (Lipinski definition) is 3.